The molecule has 0 saturated carbocycles. The number of aromatic nitrogens is 4. The Kier molecular flexibility index (Phi) is 23.8. The number of halogens is 8. The summed E-state index contributed by atoms with van der Waals surface area (Å²) in [5.41, 5.74) is -29.8. The number of fused-ring (bicyclic) bond motifs is 8. The van der Waals surface area contributed by atoms with Crippen LogP contribution in [-0.4, -0.2) is 51.0 Å². The average Bonchev–Trinajstić information content (AvgIpc) is 1.57. The molecule has 41 heteroatoms. The third-order valence-electron chi connectivity index (χ3n) is 11.8. The summed E-state index contributed by atoms with van der Waals surface area (Å²) >= 11 is 53.7. The second-order valence-corrected chi connectivity index (χ2v) is 21.0. The maximum absolute atomic E-state index is 13.7. The Labute approximate surface area is 556 Å². The van der Waals surface area contributed by atoms with Crippen LogP contribution in [0.4, 0.5) is 45.5 Å². The molecule has 5 heterocycles. The molecule has 4 aromatic carbocycles. The molecule has 0 atom stereocenters. The van der Waals surface area contributed by atoms with Crippen molar-refractivity contribution in [2.75, 3.05) is 0 Å². The maximum Gasteiger partial charge on any atom is 0.416 e. The van der Waals surface area contributed by atoms with Gasteiger partial charge in [-0.25, -0.2) is 0 Å². The fraction of sp³-hybridized carbons (Fsp3) is 0.0800. The molecule has 472 valence electrons. The standard InChI is InChI=1S/C44H12Cl8N12O16.2C3H6O.Fe.2H2O/c45-13-5-1-6-14(46)21(13)25-29-37(57(65)66)39(59(69)70)31(53-29)26(22-15(47)7-2-8-16(22)48)33-41(61(73)74)43(63(77)78)35(55-33)28(24-19(51)11-4-12-20(24)52)36-44(64(79)80)42(62(75)76)34(56-36)27(23-17(49)9-3-10-18(23)50)32-40(60(71)72)38(58(67)68)30(25)54-32;2*1-3(2)4;;;/h1-12H;2*1-2H3;;2*1H2/p+2. The van der Waals surface area contributed by atoms with Crippen LogP contribution in [0, 0.1) is 105 Å². The van der Waals surface area contributed by atoms with E-state index in [1.807, 2.05) is 0 Å². The van der Waals surface area contributed by atoms with Crippen molar-refractivity contribution in [3.63, 3.8) is 0 Å². The van der Waals surface area contributed by atoms with Gasteiger partial charge >= 0.3 is 45.5 Å². The van der Waals surface area contributed by atoms with Gasteiger partial charge in [0.05, 0.1) is 0 Å². The Morgan fingerprint density at radius 1 is 0.297 bits per heavy atom. The van der Waals surface area contributed by atoms with Crippen LogP contribution >= 0.6 is 92.8 Å². The quantitative estimate of drug-likeness (QED) is 0.0360. The number of benzene rings is 4. The van der Waals surface area contributed by atoms with E-state index >= 15 is 0 Å². The third kappa shape index (κ3) is 13.8. The SMILES string of the molecule is CC(C)=O.CC(C)=O.O=[N+]([O-])c1c2[n-]c(c1[N+](=O)[O-])[C+](c1c(Cl)cccc1Cl)c1[n-]c(c([N+](=O)[O-])c1[N+](=O)[O-])[C+](c1c(Cl)cccc1Cl)c1[n-]c(c([N+](=O)[O-])c1[N+](=O)[O-])[C+](c1c(Cl)cccc1Cl)c1[n-]c(c([N+](=O)[O-])c1[N+](=O)[O-])[C+]2c1c(Cl)cccc1Cl.[Fe].[OH3+].[OH3+]. The van der Waals surface area contributed by atoms with Gasteiger partial charge in [-0.1, -0.05) is 0 Å². The first-order valence-corrected chi connectivity index (χ1v) is 26.4. The molecule has 9 rings (SSSR count). The Morgan fingerprint density at radius 3 is 0.484 bits per heavy atom. The van der Waals surface area contributed by atoms with Crippen LogP contribution < -0.4 is 19.9 Å². The van der Waals surface area contributed by atoms with Crippen LogP contribution in [0.3, 0.4) is 0 Å². The molecule has 1 aliphatic heterocycles. The van der Waals surface area contributed by atoms with Crippen molar-refractivity contribution >= 4 is 150 Å². The van der Waals surface area contributed by atoms with E-state index in [1.54, 1.807) is 0 Å². The van der Waals surface area contributed by atoms with Crippen LogP contribution in [0.15, 0.2) is 72.8 Å². The van der Waals surface area contributed by atoms with Crippen LogP contribution in [0.5, 0.6) is 0 Å². The number of rotatable bonds is 12. The molecule has 1 aliphatic rings. The van der Waals surface area contributed by atoms with Gasteiger partial charge in [0.25, 0.3) is 0 Å². The number of carbonyl (C=O) groups is 2. The van der Waals surface area contributed by atoms with Gasteiger partial charge in [-0.15, -0.1) is 0 Å². The Balaban J connectivity index is 0.00000152. The first-order chi connectivity index (χ1) is 41.2. The van der Waals surface area contributed by atoms with Crippen molar-refractivity contribution in [2.24, 2.45) is 0 Å². The number of ketones is 2. The second-order valence-electron chi connectivity index (χ2n) is 17.8. The number of Topliss-reactive ketones (excluding diaryl/α,β-unsaturated/α-hetero) is 2. The van der Waals surface area contributed by atoms with Gasteiger partial charge in [0.1, 0.15) is 113 Å². The minimum atomic E-state index is -1.83. The molecule has 6 N–H and O–H groups in total. The molecule has 8 aromatic rings. The van der Waals surface area contributed by atoms with Crippen molar-refractivity contribution in [1.82, 2.24) is 19.9 Å². The van der Waals surface area contributed by atoms with E-state index in [1.165, 1.54) is 27.7 Å². The van der Waals surface area contributed by atoms with Crippen LogP contribution in [-0.2, 0) is 37.6 Å². The molecule has 32 nitrogen and oxygen atoms in total. The second kappa shape index (κ2) is 29.2. The Bertz CT molecular complexity index is 3600. The van der Waals surface area contributed by atoms with Crippen LogP contribution in [0.25, 0.3) is 0 Å². The number of hydrogen-bond acceptors (Lipinski definition) is 18. The van der Waals surface area contributed by atoms with Crippen LogP contribution in [0.1, 0.15) is 95.5 Å². The van der Waals surface area contributed by atoms with E-state index < -0.39 is 217 Å². The molecule has 0 spiro atoms. The zero-order chi connectivity index (χ0) is 65.6. The van der Waals surface area contributed by atoms with Gasteiger partial charge in [-0.05, 0) is 193 Å². The van der Waals surface area contributed by atoms with E-state index in [9.17, 15) is 90.5 Å². The van der Waals surface area contributed by atoms with Crippen molar-refractivity contribution in [2.45, 2.75) is 27.7 Å². The summed E-state index contributed by atoms with van der Waals surface area (Å²) < 4.78 is 0. The fourth-order valence-corrected chi connectivity index (χ4v) is 11.2. The summed E-state index contributed by atoms with van der Waals surface area (Å²) in [7, 11) is 0. The van der Waals surface area contributed by atoms with Crippen molar-refractivity contribution in [3.05, 3.63) is 285 Å². The summed E-state index contributed by atoms with van der Waals surface area (Å²) in [4.78, 5) is 133. The largest absolute Gasteiger partial charge is 0.616 e. The molecular formula is C50H30Cl8FeN12O20+2. The van der Waals surface area contributed by atoms with Crippen molar-refractivity contribution in [1.29, 1.82) is 0 Å². The first kappa shape index (κ1) is 74.2. The Hall–Kier alpha value is -9.22. The number of hydrogen-bond donors (Lipinski definition) is 0. The van der Waals surface area contributed by atoms with Crippen molar-refractivity contribution in [3.8, 4) is 0 Å². The molecule has 0 aliphatic carbocycles. The molecule has 0 unspecified atom stereocenters. The van der Waals surface area contributed by atoms with Gasteiger partial charge in [0, 0.05) is 86.3 Å². The molecule has 0 amide bonds. The summed E-state index contributed by atoms with van der Waals surface area (Å²) in [5, 5.41) is 104. The monoisotopic (exact) mass is 1450 g/mol. The third-order valence-corrected chi connectivity index (χ3v) is 14.3. The predicted molar refractivity (Wildman–Crippen MR) is 323 cm³/mol. The Morgan fingerprint density at radius 2 is 0.396 bits per heavy atom. The number of nitrogens with zero attached hydrogens (tertiary/aromatic N) is 12. The minimum Gasteiger partial charge on any atom is -0.616 e. The normalized spacial score (nSPS) is 11.3. The zero-order valence-electron chi connectivity index (χ0n) is 45.2. The van der Waals surface area contributed by atoms with Gasteiger partial charge in [-0.2, -0.15) is 0 Å². The van der Waals surface area contributed by atoms with Gasteiger partial charge in [0.15, 0.2) is 0 Å². The zero-order valence-corrected chi connectivity index (χ0v) is 52.3. The van der Waals surface area contributed by atoms with Gasteiger partial charge in [0.2, 0.25) is 0 Å². The summed E-state index contributed by atoms with van der Waals surface area (Å²) in [6.07, 6.45) is 0. The van der Waals surface area contributed by atoms with E-state index in [4.69, 9.17) is 92.8 Å². The van der Waals surface area contributed by atoms with Gasteiger partial charge < -0.3 is 40.5 Å². The van der Waals surface area contributed by atoms with E-state index in [0.717, 1.165) is 72.8 Å². The topological polar surface area (TPSA) is 502 Å². The average molecular weight is 1460 g/mol. The van der Waals surface area contributed by atoms with Crippen LogP contribution in [0.2, 0.25) is 40.2 Å². The molecule has 91 heavy (non-hydrogen) atoms. The van der Waals surface area contributed by atoms with Gasteiger partial charge in [-0.3, -0.25) is 80.9 Å². The molecule has 0 fully saturated rings. The molecule has 8 bridgehead atoms. The predicted octanol–water partition coefficient (Wildman–Crippen LogP) is 11.7. The van der Waals surface area contributed by atoms with Crippen molar-refractivity contribution < 1.29 is 77.0 Å². The summed E-state index contributed by atoms with van der Waals surface area (Å²) in [5.74, 6) is -4.77. The smallest absolute Gasteiger partial charge is 0.416 e. The number of carbonyl (C=O) groups excluding carboxylic acids is 2. The summed E-state index contributed by atoms with van der Waals surface area (Å²) in [6, 6.07) is 12.6. The fourth-order valence-electron chi connectivity index (χ4n) is 8.89. The molecule has 0 radical (unpaired) electrons. The molecule has 4 aromatic heterocycles. The summed E-state index contributed by atoms with van der Waals surface area (Å²) in [6.45, 7) is 6.11. The minimum absolute atomic E-state index is 0. The van der Waals surface area contributed by atoms with E-state index in [2.05, 4.69) is 19.9 Å². The number of nitro groups is 8. The first-order valence-electron chi connectivity index (χ1n) is 23.4. The van der Waals surface area contributed by atoms with E-state index in [-0.39, 0.29) is 39.6 Å². The molecular weight excluding hydrogens is 1430 g/mol. The molecule has 0 saturated heterocycles. The maximum atomic E-state index is 13.7. The van der Waals surface area contributed by atoms with E-state index in [0.29, 0.717) is 0 Å².